The molecule has 0 aromatic heterocycles. The molecule has 0 saturated carbocycles. The summed E-state index contributed by atoms with van der Waals surface area (Å²) in [5.74, 6) is 0. The molecule has 0 saturated heterocycles. The molecule has 0 aliphatic rings. The Labute approximate surface area is 72.1 Å². The molecule has 6 heteroatoms. The van der Waals surface area contributed by atoms with E-state index in [2.05, 4.69) is 0 Å². The molecule has 0 nitrogen and oxygen atoms in total. The van der Waals surface area contributed by atoms with Gasteiger partial charge in [0.25, 0.3) is 0 Å². The molecule has 0 rings (SSSR count). The molecular weight excluding hydrogens is 236 g/mol. The van der Waals surface area contributed by atoms with Crippen LogP contribution in [0, 0.1) is 0 Å². The van der Waals surface area contributed by atoms with E-state index >= 15 is 0 Å². The van der Waals surface area contributed by atoms with Crippen LogP contribution in [0.15, 0.2) is 0 Å². The topological polar surface area (TPSA) is 0 Å². The summed E-state index contributed by atoms with van der Waals surface area (Å²) in [6, 6.07) is 0. The quantitative estimate of drug-likeness (QED) is 0.563. The van der Waals surface area contributed by atoms with Crippen LogP contribution in [0.25, 0.3) is 0 Å². The summed E-state index contributed by atoms with van der Waals surface area (Å²) in [6.45, 7) is 0. The molecule has 0 aliphatic heterocycles. The Kier molecular flexibility index (Phi) is 1620. The normalized spacial score (nSPS) is 0. The monoisotopic (exact) mass is 239 g/mol. The van der Waals surface area contributed by atoms with E-state index in [1.165, 1.54) is 0 Å². The van der Waals surface area contributed by atoms with Gasteiger partial charge in [-0.05, 0) is 0 Å². The molecular formula is H5AsCl4F. The van der Waals surface area contributed by atoms with Crippen molar-refractivity contribution < 1.29 is 4.70 Å². The Hall–Kier alpha value is 1.65. The van der Waals surface area contributed by atoms with Gasteiger partial charge < -0.3 is 0 Å². The van der Waals surface area contributed by atoms with Crippen molar-refractivity contribution in [3.8, 4) is 0 Å². The van der Waals surface area contributed by atoms with Crippen molar-refractivity contribution in [1.29, 1.82) is 0 Å². The van der Waals surface area contributed by atoms with Crippen molar-refractivity contribution in [3.05, 3.63) is 0 Å². The van der Waals surface area contributed by atoms with Gasteiger partial charge in [-0.1, -0.05) is 0 Å². The molecule has 0 heterocycles. The predicted octanol–water partition coefficient (Wildman–Crippen LogP) is 1.46. The maximum absolute atomic E-state index is 0. The fourth-order valence-corrected chi connectivity index (χ4v) is 0. The summed E-state index contributed by atoms with van der Waals surface area (Å²) in [7, 11) is 0. The minimum absolute atomic E-state index is 0. The molecule has 3 radical (unpaired) electrons. The van der Waals surface area contributed by atoms with Gasteiger partial charge in [-0.15, -0.1) is 49.6 Å². The Morgan fingerprint density at radius 1 is 0.500 bits per heavy atom. The molecule has 0 aromatic rings. The number of halogens is 5. The number of hydrogen-bond acceptors (Lipinski definition) is 0. The maximum Gasteiger partial charge on any atom is 0 e. The first-order valence-corrected chi connectivity index (χ1v) is 0. The molecule has 0 unspecified atom stereocenters. The van der Waals surface area contributed by atoms with Crippen molar-refractivity contribution in [3.63, 3.8) is 0 Å². The zero-order valence-electron chi connectivity index (χ0n) is 2.49. The molecule has 0 spiro atoms. The largest absolute Gasteiger partial charge is 0.269 e. The van der Waals surface area contributed by atoms with E-state index in [1.54, 1.807) is 0 Å². The van der Waals surface area contributed by atoms with Gasteiger partial charge in [-0.2, -0.15) is 0 Å². The second-order valence-electron chi connectivity index (χ2n) is 0. The summed E-state index contributed by atoms with van der Waals surface area (Å²) in [5, 5.41) is 0. The average molecular weight is 241 g/mol. The summed E-state index contributed by atoms with van der Waals surface area (Å²) in [4.78, 5) is 0. The van der Waals surface area contributed by atoms with Gasteiger partial charge in [0.05, 0.1) is 0 Å². The zero-order valence-corrected chi connectivity index (χ0v) is 7.63. The van der Waals surface area contributed by atoms with Crippen molar-refractivity contribution in [1.82, 2.24) is 0 Å². The third-order valence-corrected chi connectivity index (χ3v) is 0. The van der Waals surface area contributed by atoms with Crippen LogP contribution in [0.3, 0.4) is 0 Å². The molecule has 45 valence electrons. The van der Waals surface area contributed by atoms with E-state index < -0.39 is 0 Å². The molecule has 0 fully saturated rings. The Balaban J connectivity index is 0. The summed E-state index contributed by atoms with van der Waals surface area (Å²) in [5.41, 5.74) is 0. The van der Waals surface area contributed by atoms with Gasteiger partial charge in [0.15, 0.2) is 0 Å². The van der Waals surface area contributed by atoms with Crippen LogP contribution in [-0.2, 0) is 0 Å². The van der Waals surface area contributed by atoms with Gasteiger partial charge in [0.2, 0.25) is 0 Å². The molecule has 0 aromatic carbocycles. The van der Waals surface area contributed by atoms with Crippen molar-refractivity contribution in [2.24, 2.45) is 0 Å². The van der Waals surface area contributed by atoms with Crippen LogP contribution in [0.5, 0.6) is 0 Å². The van der Waals surface area contributed by atoms with Crippen molar-refractivity contribution >= 4 is 67.6 Å². The van der Waals surface area contributed by atoms with Crippen LogP contribution >= 0.6 is 49.6 Å². The fraction of sp³-hybridized carbons (Fsp3) is 0. The van der Waals surface area contributed by atoms with Crippen LogP contribution in [0.1, 0.15) is 0 Å². The van der Waals surface area contributed by atoms with E-state index in [0.29, 0.717) is 0 Å². The van der Waals surface area contributed by atoms with E-state index in [4.69, 9.17) is 0 Å². The van der Waals surface area contributed by atoms with Crippen LogP contribution in [0.4, 0.5) is 4.70 Å². The standard InChI is InChI=1S/As.4ClH.FH/h;5*1H. The smallest absolute Gasteiger partial charge is 0 e. The van der Waals surface area contributed by atoms with Gasteiger partial charge in [-0.25, -0.2) is 0 Å². The summed E-state index contributed by atoms with van der Waals surface area (Å²) in [6.07, 6.45) is 0. The Morgan fingerprint density at radius 2 is 0.500 bits per heavy atom. The Morgan fingerprint density at radius 3 is 0.500 bits per heavy atom. The van der Waals surface area contributed by atoms with E-state index in [1.807, 2.05) is 0 Å². The minimum atomic E-state index is 0. The molecule has 0 N–H and O–H groups in total. The van der Waals surface area contributed by atoms with Gasteiger partial charge in [0.1, 0.15) is 0 Å². The molecule has 0 amide bonds. The second-order valence-corrected chi connectivity index (χ2v) is 0. The fourth-order valence-electron chi connectivity index (χ4n) is 0. The zero-order chi connectivity index (χ0) is 0. The third kappa shape index (κ3) is 44.9. The first kappa shape index (κ1) is 124. The molecule has 0 aliphatic carbocycles. The second kappa shape index (κ2) is 78.1. The predicted molar refractivity (Wildman–Crippen MR) is 37.2 cm³/mol. The number of rotatable bonds is 0. The first-order chi connectivity index (χ1) is 0. The molecule has 0 bridgehead atoms. The van der Waals surface area contributed by atoms with Gasteiger partial charge in [-0.3, -0.25) is 4.70 Å². The van der Waals surface area contributed by atoms with E-state index in [0.717, 1.165) is 0 Å². The minimum Gasteiger partial charge on any atom is -0.269 e. The Bertz CT molecular complexity index is 7.51. The molecule has 6 heavy (non-hydrogen) atoms. The van der Waals surface area contributed by atoms with Crippen molar-refractivity contribution in [2.75, 3.05) is 0 Å². The van der Waals surface area contributed by atoms with Crippen LogP contribution < -0.4 is 0 Å². The van der Waals surface area contributed by atoms with Crippen LogP contribution in [-0.4, -0.2) is 18.0 Å². The van der Waals surface area contributed by atoms with Gasteiger partial charge in [0, 0.05) is 18.0 Å². The van der Waals surface area contributed by atoms with Gasteiger partial charge >= 0.3 is 0 Å². The van der Waals surface area contributed by atoms with E-state index in [9.17, 15) is 0 Å². The first-order valence-electron chi connectivity index (χ1n) is 0. The maximum atomic E-state index is 0. The average Bonchev–Trinajstić information content (AvgIpc) is 0. The van der Waals surface area contributed by atoms with E-state index in [-0.39, 0.29) is 72.3 Å². The number of hydrogen-bond donors (Lipinski definition) is 0. The SMILES string of the molecule is Cl.Cl.Cl.Cl.F.[As]. The van der Waals surface area contributed by atoms with Crippen LogP contribution in [0.2, 0.25) is 0 Å². The third-order valence-electron chi connectivity index (χ3n) is 0. The summed E-state index contributed by atoms with van der Waals surface area (Å²) < 4.78 is 0. The van der Waals surface area contributed by atoms with Crippen molar-refractivity contribution in [2.45, 2.75) is 0 Å². The molecule has 0 atom stereocenters. The summed E-state index contributed by atoms with van der Waals surface area (Å²) >= 11 is 0.